The van der Waals surface area contributed by atoms with Gasteiger partial charge in [-0.25, -0.2) is 0 Å². The van der Waals surface area contributed by atoms with Gasteiger partial charge >= 0.3 is 6.18 Å². The summed E-state index contributed by atoms with van der Waals surface area (Å²) in [5.41, 5.74) is -1.60. The van der Waals surface area contributed by atoms with Gasteiger partial charge in [0.1, 0.15) is 12.1 Å². The molecule has 2 aliphatic rings. The average Bonchev–Trinajstić information content (AvgIpc) is 3.05. The number of amides is 2. The van der Waals surface area contributed by atoms with E-state index in [0.717, 1.165) is 12.3 Å². The summed E-state index contributed by atoms with van der Waals surface area (Å²) in [4.78, 5) is 31.9. The van der Waals surface area contributed by atoms with Gasteiger partial charge in [-0.2, -0.15) is 18.4 Å². The van der Waals surface area contributed by atoms with Crippen LogP contribution in [0.25, 0.3) is 0 Å². The summed E-state index contributed by atoms with van der Waals surface area (Å²) >= 11 is 0. The van der Waals surface area contributed by atoms with Crippen molar-refractivity contribution in [1.82, 2.24) is 20.5 Å². The van der Waals surface area contributed by atoms with Crippen molar-refractivity contribution in [3.8, 4) is 6.07 Å². The quantitative estimate of drug-likeness (QED) is 0.697. The molecule has 1 aromatic heterocycles. The van der Waals surface area contributed by atoms with Crippen LogP contribution in [0.4, 0.5) is 13.2 Å². The average molecular weight is 466 g/mol. The van der Waals surface area contributed by atoms with Gasteiger partial charge in [0.15, 0.2) is 0 Å². The van der Waals surface area contributed by atoms with Crippen molar-refractivity contribution in [3.63, 3.8) is 0 Å². The number of nitrogens with one attached hydrogen (secondary N) is 2. The van der Waals surface area contributed by atoms with Gasteiger partial charge in [0.05, 0.1) is 17.7 Å². The number of rotatable bonds is 5. The van der Waals surface area contributed by atoms with Gasteiger partial charge in [0, 0.05) is 24.5 Å². The maximum absolute atomic E-state index is 13.4. The lowest BCUT2D eigenvalue weighted by Crippen LogP contribution is -2.57. The molecule has 1 saturated heterocycles. The van der Waals surface area contributed by atoms with Gasteiger partial charge in [-0.15, -0.1) is 0 Å². The van der Waals surface area contributed by atoms with Crippen molar-refractivity contribution in [2.45, 2.75) is 58.9 Å². The number of nitrogens with zero attached hydrogens (tertiary/aromatic N) is 3. The Bertz CT molecular complexity index is 980. The van der Waals surface area contributed by atoms with Gasteiger partial charge in [-0.1, -0.05) is 34.6 Å². The molecule has 180 valence electrons. The number of nitriles is 1. The second-order valence-corrected chi connectivity index (χ2v) is 10.6. The van der Waals surface area contributed by atoms with E-state index in [4.69, 9.17) is 0 Å². The van der Waals surface area contributed by atoms with Crippen LogP contribution in [-0.2, 0) is 15.8 Å². The zero-order valence-electron chi connectivity index (χ0n) is 19.6. The van der Waals surface area contributed by atoms with E-state index in [1.54, 1.807) is 11.9 Å². The first-order chi connectivity index (χ1) is 15.1. The number of likely N-dealkylation sites (tertiary alicyclic amines) is 1. The predicted octanol–water partition coefficient (Wildman–Crippen LogP) is 2.90. The highest BCUT2D eigenvalue weighted by Gasteiger charge is 2.69. The minimum Gasteiger partial charge on any atom is -0.335 e. The number of hydrogen-bond donors (Lipinski definition) is 2. The third-order valence-corrected chi connectivity index (χ3v) is 7.00. The molecule has 10 heteroatoms. The fourth-order valence-corrected chi connectivity index (χ4v) is 5.09. The fraction of sp³-hybridized carbons (Fsp3) is 0.652. The fourth-order valence-electron chi connectivity index (χ4n) is 5.09. The van der Waals surface area contributed by atoms with E-state index in [1.807, 2.05) is 40.7 Å². The molecular weight excluding hydrogens is 435 g/mol. The normalized spacial score (nSPS) is 25.6. The first kappa shape index (κ1) is 25.0. The van der Waals surface area contributed by atoms with E-state index in [-0.39, 0.29) is 28.7 Å². The van der Waals surface area contributed by atoms with Crippen LogP contribution in [0.5, 0.6) is 0 Å². The predicted molar refractivity (Wildman–Crippen MR) is 114 cm³/mol. The van der Waals surface area contributed by atoms with Crippen LogP contribution in [0.2, 0.25) is 0 Å². The number of hydrogen-bond acceptors (Lipinski definition) is 5. The van der Waals surface area contributed by atoms with E-state index in [2.05, 4.69) is 15.6 Å². The molecule has 7 nitrogen and oxygen atoms in total. The Morgan fingerprint density at radius 3 is 2.42 bits per heavy atom. The van der Waals surface area contributed by atoms with Crippen LogP contribution in [0.1, 0.15) is 51.8 Å². The molecule has 3 rings (SSSR count). The Balaban J connectivity index is 1.87. The van der Waals surface area contributed by atoms with Crippen molar-refractivity contribution in [1.29, 1.82) is 5.26 Å². The highest BCUT2D eigenvalue weighted by Crippen LogP contribution is 2.65. The third kappa shape index (κ3) is 4.56. The topological polar surface area (TPSA) is 98.1 Å². The molecule has 2 heterocycles. The lowest BCUT2D eigenvalue weighted by Gasteiger charge is -2.37. The molecule has 1 unspecified atom stereocenters. The van der Waals surface area contributed by atoms with E-state index in [0.29, 0.717) is 12.7 Å². The number of pyridine rings is 1. The third-order valence-electron chi connectivity index (χ3n) is 7.00. The van der Waals surface area contributed by atoms with E-state index >= 15 is 0 Å². The van der Waals surface area contributed by atoms with Gasteiger partial charge in [0.25, 0.3) is 0 Å². The molecule has 1 aromatic rings. The summed E-state index contributed by atoms with van der Waals surface area (Å²) in [5, 5.41) is 15.2. The number of likely N-dealkylation sites (N-methyl/N-ethyl adjacent to an activating group) is 1. The SMILES string of the molecule is CN[C@H](C(=O)N1C[C@H]2[C@@H]([C@H]1C(=O)NC(C#N)c1cncc(C(F)(F)F)c1)C2(C)C)C(C)(C)C. The summed E-state index contributed by atoms with van der Waals surface area (Å²) in [6.07, 6.45) is -2.83. The van der Waals surface area contributed by atoms with Gasteiger partial charge in [-0.3, -0.25) is 14.6 Å². The molecule has 2 N–H and O–H groups in total. The number of aromatic nitrogens is 1. The highest BCUT2D eigenvalue weighted by molar-refractivity contribution is 5.92. The molecule has 0 radical (unpaired) electrons. The molecule has 0 aromatic carbocycles. The molecule has 0 bridgehead atoms. The van der Waals surface area contributed by atoms with Gasteiger partial charge in [-0.05, 0) is 35.8 Å². The summed E-state index contributed by atoms with van der Waals surface area (Å²) in [6, 6.07) is 0.00533. The molecule has 1 aliphatic heterocycles. The summed E-state index contributed by atoms with van der Waals surface area (Å²) in [7, 11) is 1.69. The summed E-state index contributed by atoms with van der Waals surface area (Å²) in [5.74, 6) is -0.695. The van der Waals surface area contributed by atoms with E-state index < -0.39 is 41.2 Å². The van der Waals surface area contributed by atoms with E-state index in [9.17, 15) is 28.0 Å². The molecule has 2 amide bonds. The van der Waals surface area contributed by atoms with Crippen LogP contribution < -0.4 is 10.6 Å². The number of alkyl halides is 3. The van der Waals surface area contributed by atoms with Crippen LogP contribution in [0.3, 0.4) is 0 Å². The molecule has 0 spiro atoms. The minimum atomic E-state index is -4.62. The molecule has 5 atom stereocenters. The first-order valence-corrected chi connectivity index (χ1v) is 10.8. The minimum absolute atomic E-state index is 0.0639. The Labute approximate surface area is 191 Å². The number of fused-ring (bicyclic) bond motifs is 1. The smallest absolute Gasteiger partial charge is 0.335 e. The van der Waals surface area contributed by atoms with Crippen molar-refractivity contribution < 1.29 is 22.8 Å². The zero-order valence-corrected chi connectivity index (χ0v) is 19.6. The number of piperidine rings is 1. The number of carbonyl (C=O) groups is 2. The second-order valence-electron chi connectivity index (χ2n) is 10.6. The number of carbonyl (C=O) groups excluding carboxylic acids is 2. The molecule has 1 aliphatic carbocycles. The van der Waals surface area contributed by atoms with Crippen LogP contribution in [-0.4, -0.2) is 47.4 Å². The molecule has 2 fully saturated rings. The van der Waals surface area contributed by atoms with Crippen molar-refractivity contribution in [3.05, 3.63) is 29.6 Å². The lowest BCUT2D eigenvalue weighted by atomic mass is 9.85. The largest absolute Gasteiger partial charge is 0.417 e. The highest BCUT2D eigenvalue weighted by atomic mass is 19.4. The molecular formula is C23H30F3N5O2. The standard InChI is InChI=1S/C23H30F3N5O2/c1-21(2,3)18(28-6)20(33)31-11-14-16(22(14,4)5)17(31)19(32)30-15(8-27)12-7-13(10-29-9-12)23(24,25)26/h7,9-10,14-18,28H,11H2,1-6H3,(H,30,32)/t14-,15?,16-,17-,18+/m0/s1. The maximum Gasteiger partial charge on any atom is 0.417 e. The van der Waals surface area contributed by atoms with Gasteiger partial charge in [0.2, 0.25) is 11.8 Å². The van der Waals surface area contributed by atoms with Crippen molar-refractivity contribution in [2.24, 2.45) is 22.7 Å². The molecule has 1 saturated carbocycles. The number of halogens is 3. The van der Waals surface area contributed by atoms with E-state index in [1.165, 1.54) is 0 Å². The maximum atomic E-state index is 13.4. The van der Waals surface area contributed by atoms with Crippen LogP contribution in [0, 0.1) is 34.0 Å². The Morgan fingerprint density at radius 1 is 1.27 bits per heavy atom. The lowest BCUT2D eigenvalue weighted by molar-refractivity contribution is -0.144. The Hall–Kier alpha value is -2.67. The Morgan fingerprint density at radius 2 is 1.91 bits per heavy atom. The first-order valence-electron chi connectivity index (χ1n) is 10.8. The monoisotopic (exact) mass is 465 g/mol. The van der Waals surface area contributed by atoms with Crippen molar-refractivity contribution >= 4 is 11.8 Å². The summed E-state index contributed by atoms with van der Waals surface area (Å²) in [6.45, 7) is 10.3. The Kier molecular flexibility index (Phi) is 6.26. The van der Waals surface area contributed by atoms with Crippen LogP contribution in [0.15, 0.2) is 18.5 Å². The van der Waals surface area contributed by atoms with Gasteiger partial charge < -0.3 is 15.5 Å². The second kappa shape index (κ2) is 8.28. The molecule has 33 heavy (non-hydrogen) atoms. The zero-order chi connectivity index (χ0) is 24.9. The summed E-state index contributed by atoms with van der Waals surface area (Å²) < 4.78 is 39.2. The van der Waals surface area contributed by atoms with Crippen LogP contribution >= 0.6 is 0 Å². The van der Waals surface area contributed by atoms with Crippen molar-refractivity contribution in [2.75, 3.05) is 13.6 Å².